The number of aromatic hydroxyl groups is 1. The first-order valence-corrected chi connectivity index (χ1v) is 11.5. The number of methoxy groups -OCH3 is 1. The van der Waals surface area contributed by atoms with Crippen molar-refractivity contribution in [1.82, 2.24) is 14.1 Å². The topological polar surface area (TPSA) is 92.8 Å². The summed E-state index contributed by atoms with van der Waals surface area (Å²) in [5, 5.41) is 21.6. The van der Waals surface area contributed by atoms with Crippen molar-refractivity contribution >= 4 is 17.3 Å². The highest BCUT2D eigenvalue weighted by molar-refractivity contribution is 6.32. The lowest BCUT2D eigenvalue weighted by molar-refractivity contribution is 0.0307. The van der Waals surface area contributed by atoms with Gasteiger partial charge in [0.2, 0.25) is 5.88 Å². The third-order valence-corrected chi connectivity index (χ3v) is 6.58. The van der Waals surface area contributed by atoms with Crippen molar-refractivity contribution in [3.8, 4) is 39.6 Å². The molecule has 186 valence electrons. The highest BCUT2D eigenvalue weighted by Gasteiger charge is 2.38. The highest BCUT2D eigenvalue weighted by atomic mass is 35.5. The fraction of sp³-hybridized carbons (Fsp3) is 0.231. The van der Waals surface area contributed by atoms with E-state index in [1.54, 1.807) is 50.6 Å². The maximum absolute atomic E-state index is 14.8. The third kappa shape index (κ3) is 4.10. The quantitative estimate of drug-likeness (QED) is 0.422. The van der Waals surface area contributed by atoms with Gasteiger partial charge in [-0.1, -0.05) is 17.7 Å². The van der Waals surface area contributed by atoms with Crippen LogP contribution in [0.15, 0.2) is 59.8 Å². The van der Waals surface area contributed by atoms with E-state index in [0.29, 0.717) is 41.5 Å². The molecule has 0 bridgehead atoms. The number of aryl methyl sites for hydroxylation is 1. The van der Waals surface area contributed by atoms with Gasteiger partial charge in [-0.3, -0.25) is 4.57 Å². The maximum atomic E-state index is 14.8. The van der Waals surface area contributed by atoms with Gasteiger partial charge in [0, 0.05) is 55.4 Å². The van der Waals surface area contributed by atoms with Crippen LogP contribution < -0.4 is 15.3 Å². The Labute approximate surface area is 211 Å². The summed E-state index contributed by atoms with van der Waals surface area (Å²) in [5.74, 6) is -0.337. The summed E-state index contributed by atoms with van der Waals surface area (Å²) in [6.07, 6.45) is 4.72. The zero-order valence-corrected chi connectivity index (χ0v) is 20.6. The van der Waals surface area contributed by atoms with Gasteiger partial charge in [-0.05, 0) is 42.8 Å². The van der Waals surface area contributed by atoms with Crippen LogP contribution in [0.5, 0.6) is 11.6 Å². The number of aromatic nitrogens is 3. The Kier molecular flexibility index (Phi) is 5.77. The van der Waals surface area contributed by atoms with Gasteiger partial charge in [-0.15, -0.1) is 0 Å². The number of rotatable bonds is 5. The molecule has 1 fully saturated rings. The number of benzene rings is 2. The van der Waals surface area contributed by atoms with E-state index in [1.807, 2.05) is 4.90 Å². The number of imidazole rings is 1. The summed E-state index contributed by atoms with van der Waals surface area (Å²) in [6, 6.07) is 9.09. The molecule has 0 atom stereocenters. The molecule has 2 aromatic carbocycles. The minimum atomic E-state index is -0.814. The number of phenols is 1. The predicted molar refractivity (Wildman–Crippen MR) is 136 cm³/mol. The summed E-state index contributed by atoms with van der Waals surface area (Å²) < 4.78 is 23.0. The van der Waals surface area contributed by atoms with Crippen LogP contribution in [-0.2, 0) is 7.05 Å². The number of anilines is 1. The summed E-state index contributed by atoms with van der Waals surface area (Å²) in [5.41, 5.74) is 1.47. The van der Waals surface area contributed by atoms with Gasteiger partial charge >= 0.3 is 5.69 Å². The van der Waals surface area contributed by atoms with E-state index < -0.39 is 11.4 Å². The molecule has 0 radical (unpaired) electrons. The fourth-order valence-electron chi connectivity index (χ4n) is 4.47. The molecule has 0 spiro atoms. The summed E-state index contributed by atoms with van der Waals surface area (Å²) >= 11 is 6.48. The first-order valence-electron chi connectivity index (χ1n) is 11.2. The van der Waals surface area contributed by atoms with Gasteiger partial charge in [0.25, 0.3) is 0 Å². The van der Waals surface area contributed by atoms with Crippen LogP contribution in [0.2, 0.25) is 5.02 Å². The molecule has 3 heterocycles. The molecule has 0 amide bonds. The summed E-state index contributed by atoms with van der Waals surface area (Å²) in [4.78, 5) is 18.5. The number of aliphatic hydroxyl groups is 1. The molecule has 0 saturated carbocycles. The minimum Gasteiger partial charge on any atom is -0.507 e. The lowest BCUT2D eigenvalue weighted by atomic mass is 9.94. The predicted octanol–water partition coefficient (Wildman–Crippen LogP) is 3.98. The standard InChI is InChI=1S/C26H24ClFN4O4/c1-26(35)13-31(14-26)22-9-16(12-29-24(22)36-3)19-11-17(28)10-18(23(19)33)15-4-5-21(20(27)8-15)32-7-6-30(2)25(32)34/h4-12,33,35H,13-14H2,1-3H3. The Balaban J connectivity index is 1.57. The number of hydrogen-bond acceptors (Lipinski definition) is 6. The first-order chi connectivity index (χ1) is 17.1. The highest BCUT2D eigenvalue weighted by Crippen LogP contribution is 2.43. The number of pyridine rings is 1. The van der Waals surface area contributed by atoms with Crippen LogP contribution in [0.1, 0.15) is 6.92 Å². The van der Waals surface area contributed by atoms with Crippen LogP contribution in [0, 0.1) is 5.82 Å². The zero-order valence-electron chi connectivity index (χ0n) is 19.9. The van der Waals surface area contributed by atoms with Gasteiger partial charge in [0.1, 0.15) is 17.3 Å². The molecular weight excluding hydrogens is 487 g/mol. The Morgan fingerprint density at radius 3 is 2.36 bits per heavy atom. The second kappa shape index (κ2) is 8.69. The van der Waals surface area contributed by atoms with Crippen molar-refractivity contribution in [3.63, 3.8) is 0 Å². The van der Waals surface area contributed by atoms with Crippen LogP contribution in [0.4, 0.5) is 10.1 Å². The van der Waals surface area contributed by atoms with E-state index in [4.69, 9.17) is 16.3 Å². The van der Waals surface area contributed by atoms with E-state index in [1.165, 1.54) is 34.6 Å². The molecule has 4 aromatic rings. The Bertz CT molecular complexity index is 1540. The van der Waals surface area contributed by atoms with Crippen molar-refractivity contribution in [2.24, 2.45) is 7.05 Å². The molecular formula is C26H24ClFN4O4. The lowest BCUT2D eigenvalue weighted by Crippen LogP contribution is -2.60. The summed E-state index contributed by atoms with van der Waals surface area (Å²) in [6.45, 7) is 2.52. The van der Waals surface area contributed by atoms with Gasteiger partial charge in [-0.25, -0.2) is 14.2 Å². The Morgan fingerprint density at radius 2 is 1.78 bits per heavy atom. The molecule has 2 N–H and O–H groups in total. The number of nitrogens with zero attached hydrogens (tertiary/aromatic N) is 4. The van der Waals surface area contributed by atoms with Crippen molar-refractivity contribution in [1.29, 1.82) is 0 Å². The molecule has 0 unspecified atom stereocenters. The lowest BCUT2D eigenvalue weighted by Gasteiger charge is -2.45. The van der Waals surface area contributed by atoms with Crippen LogP contribution in [0.3, 0.4) is 0 Å². The van der Waals surface area contributed by atoms with E-state index in [-0.39, 0.29) is 27.6 Å². The van der Waals surface area contributed by atoms with Crippen molar-refractivity contribution in [2.45, 2.75) is 12.5 Å². The first kappa shape index (κ1) is 23.9. The smallest absolute Gasteiger partial charge is 0.332 e. The normalized spacial score (nSPS) is 14.6. The number of β-amino-alcohol motifs (C(OH)–C–C–N with tert-alkyl or cyclic N) is 1. The van der Waals surface area contributed by atoms with Gasteiger partial charge in [-0.2, -0.15) is 0 Å². The zero-order chi connectivity index (χ0) is 25.8. The number of phenolic OH excluding ortho intramolecular Hbond substituents is 1. The minimum absolute atomic E-state index is 0.148. The number of ether oxygens (including phenoxy) is 1. The van der Waals surface area contributed by atoms with Crippen LogP contribution >= 0.6 is 11.6 Å². The van der Waals surface area contributed by atoms with E-state index in [0.717, 1.165) is 0 Å². The fourth-order valence-corrected chi connectivity index (χ4v) is 4.75. The second-order valence-corrected chi connectivity index (χ2v) is 9.59. The van der Waals surface area contributed by atoms with Crippen LogP contribution in [-0.4, -0.2) is 50.1 Å². The van der Waals surface area contributed by atoms with E-state index in [9.17, 15) is 19.4 Å². The van der Waals surface area contributed by atoms with Gasteiger partial charge in [0.15, 0.2) is 0 Å². The van der Waals surface area contributed by atoms with Crippen molar-refractivity contribution in [3.05, 3.63) is 76.3 Å². The summed E-state index contributed by atoms with van der Waals surface area (Å²) in [7, 11) is 3.13. The Morgan fingerprint density at radius 1 is 1.08 bits per heavy atom. The van der Waals surface area contributed by atoms with Gasteiger partial charge in [0.05, 0.1) is 23.4 Å². The van der Waals surface area contributed by atoms with E-state index in [2.05, 4.69) is 4.98 Å². The molecule has 0 aliphatic carbocycles. The largest absolute Gasteiger partial charge is 0.507 e. The molecule has 5 rings (SSSR count). The average Bonchev–Trinajstić information content (AvgIpc) is 3.16. The van der Waals surface area contributed by atoms with Crippen LogP contribution in [0.25, 0.3) is 27.9 Å². The average molecular weight is 511 g/mol. The van der Waals surface area contributed by atoms with Crippen molar-refractivity contribution < 1.29 is 19.3 Å². The third-order valence-electron chi connectivity index (χ3n) is 6.28. The second-order valence-electron chi connectivity index (χ2n) is 9.18. The molecule has 1 aliphatic rings. The molecule has 2 aromatic heterocycles. The molecule has 8 nitrogen and oxygen atoms in total. The molecule has 1 aliphatic heterocycles. The molecule has 1 saturated heterocycles. The monoisotopic (exact) mass is 510 g/mol. The molecule has 10 heteroatoms. The number of hydrogen-bond donors (Lipinski definition) is 2. The van der Waals surface area contributed by atoms with Gasteiger partial charge < -0.3 is 24.4 Å². The van der Waals surface area contributed by atoms with E-state index >= 15 is 0 Å². The maximum Gasteiger partial charge on any atom is 0.332 e. The molecule has 36 heavy (non-hydrogen) atoms. The van der Waals surface area contributed by atoms with Crippen molar-refractivity contribution in [2.75, 3.05) is 25.1 Å². The number of halogens is 2. The Hall–Kier alpha value is -3.82. The SMILES string of the molecule is COc1ncc(-c2cc(F)cc(-c3ccc(-n4ccn(C)c4=O)c(Cl)c3)c2O)cc1N1CC(C)(O)C1.